The highest BCUT2D eigenvalue weighted by molar-refractivity contribution is 6.30. The Morgan fingerprint density at radius 2 is 2.27 bits per heavy atom. The molecule has 5 nitrogen and oxygen atoms in total. The van der Waals surface area contributed by atoms with Crippen molar-refractivity contribution >= 4 is 23.4 Å². The van der Waals surface area contributed by atoms with E-state index in [1.54, 1.807) is 0 Å². The molecule has 2 aliphatic heterocycles. The Balaban J connectivity index is 1.73. The number of amides is 2. The molecule has 0 spiro atoms. The fraction of sp³-hybridized carbons (Fsp3) is 0.500. The highest BCUT2D eigenvalue weighted by Gasteiger charge is 2.37. The topological polar surface area (TPSA) is 58.6 Å². The summed E-state index contributed by atoms with van der Waals surface area (Å²) in [5, 5.41) is 3.38. The van der Waals surface area contributed by atoms with E-state index in [1.165, 1.54) is 0 Å². The van der Waals surface area contributed by atoms with Gasteiger partial charge in [-0.2, -0.15) is 0 Å². The van der Waals surface area contributed by atoms with E-state index in [-0.39, 0.29) is 36.3 Å². The molecule has 6 heteroatoms. The summed E-state index contributed by atoms with van der Waals surface area (Å²) in [7, 11) is 0. The number of hydrogen-bond acceptors (Lipinski definition) is 3. The highest BCUT2D eigenvalue weighted by Crippen LogP contribution is 2.28. The van der Waals surface area contributed by atoms with Crippen molar-refractivity contribution in [1.29, 1.82) is 0 Å². The molecule has 0 radical (unpaired) electrons. The molecule has 3 atom stereocenters. The summed E-state index contributed by atoms with van der Waals surface area (Å²) in [5.74, 6) is -0.278. The lowest BCUT2D eigenvalue weighted by Crippen LogP contribution is -2.50. The van der Waals surface area contributed by atoms with E-state index >= 15 is 0 Å². The van der Waals surface area contributed by atoms with Crippen LogP contribution < -0.4 is 5.32 Å². The van der Waals surface area contributed by atoms with Crippen molar-refractivity contribution in [1.82, 2.24) is 10.2 Å². The van der Waals surface area contributed by atoms with Crippen LogP contribution in [0.5, 0.6) is 0 Å². The van der Waals surface area contributed by atoms with Crippen molar-refractivity contribution in [3.63, 3.8) is 0 Å². The van der Waals surface area contributed by atoms with Gasteiger partial charge in [-0.25, -0.2) is 0 Å². The summed E-state index contributed by atoms with van der Waals surface area (Å²) in [6, 6.07) is 7.53. The molecule has 0 bridgehead atoms. The van der Waals surface area contributed by atoms with Gasteiger partial charge in [0.2, 0.25) is 11.8 Å². The summed E-state index contributed by atoms with van der Waals surface area (Å²) < 4.78 is 5.86. The maximum Gasteiger partial charge on any atom is 0.228 e. The van der Waals surface area contributed by atoms with E-state index in [9.17, 15) is 9.59 Å². The first-order valence-electron chi connectivity index (χ1n) is 7.49. The molecule has 118 valence electrons. The molecule has 2 saturated heterocycles. The van der Waals surface area contributed by atoms with Crippen molar-refractivity contribution in [3.05, 3.63) is 34.9 Å². The molecule has 1 aromatic rings. The van der Waals surface area contributed by atoms with E-state index in [0.29, 0.717) is 24.7 Å². The van der Waals surface area contributed by atoms with Crippen LogP contribution in [0.15, 0.2) is 24.3 Å². The minimum absolute atomic E-state index is 0.0126. The second kappa shape index (κ2) is 6.26. The molecule has 2 amide bonds. The van der Waals surface area contributed by atoms with E-state index in [2.05, 4.69) is 5.32 Å². The monoisotopic (exact) mass is 322 g/mol. The van der Waals surface area contributed by atoms with Gasteiger partial charge in [0, 0.05) is 18.0 Å². The largest absolute Gasteiger partial charge is 0.370 e. The first-order chi connectivity index (χ1) is 10.5. The van der Waals surface area contributed by atoms with Crippen LogP contribution in [0.1, 0.15) is 25.0 Å². The number of rotatable bonds is 2. The second-order valence-electron chi connectivity index (χ2n) is 5.92. The van der Waals surface area contributed by atoms with Crippen LogP contribution in [-0.4, -0.2) is 42.5 Å². The predicted octanol–water partition coefficient (Wildman–Crippen LogP) is 1.76. The Bertz CT molecular complexity index is 593. The molecular weight excluding hydrogens is 304 g/mol. The van der Waals surface area contributed by atoms with Crippen molar-refractivity contribution in [2.45, 2.75) is 25.5 Å². The van der Waals surface area contributed by atoms with Crippen molar-refractivity contribution < 1.29 is 14.3 Å². The molecule has 2 fully saturated rings. The number of carbonyl (C=O) groups is 2. The van der Waals surface area contributed by atoms with Gasteiger partial charge in [-0.05, 0) is 24.6 Å². The lowest BCUT2D eigenvalue weighted by atomic mass is 10.0. The van der Waals surface area contributed by atoms with Crippen LogP contribution in [-0.2, 0) is 14.3 Å². The first-order valence-corrected chi connectivity index (χ1v) is 7.86. The van der Waals surface area contributed by atoms with E-state index < -0.39 is 0 Å². The number of hydrogen-bond donors (Lipinski definition) is 1. The van der Waals surface area contributed by atoms with Crippen LogP contribution in [0.25, 0.3) is 0 Å². The average molecular weight is 323 g/mol. The summed E-state index contributed by atoms with van der Waals surface area (Å²) in [6.45, 7) is 3.38. The third-order valence-electron chi connectivity index (χ3n) is 4.26. The molecule has 0 saturated carbocycles. The number of benzene rings is 1. The molecule has 0 aliphatic carbocycles. The smallest absolute Gasteiger partial charge is 0.228 e. The standard InChI is InChI=1S/C16H19ClN2O3/c1-10-9-22-14(11-3-2-4-13(17)5-11)8-19(10)16(21)12-6-15(20)18-7-12/h2-5,10,12,14H,6-9H2,1H3,(H,18,20)/t10-,12+,14+/m1/s1. The van der Waals surface area contributed by atoms with E-state index in [4.69, 9.17) is 16.3 Å². The average Bonchev–Trinajstić information content (AvgIpc) is 2.93. The first kappa shape index (κ1) is 15.3. The molecule has 2 heterocycles. The fourth-order valence-electron chi connectivity index (χ4n) is 2.99. The van der Waals surface area contributed by atoms with Crippen molar-refractivity contribution in [2.75, 3.05) is 19.7 Å². The summed E-state index contributed by atoms with van der Waals surface area (Å²) in [6.07, 6.45) is 0.106. The van der Waals surface area contributed by atoms with Gasteiger partial charge < -0.3 is 15.0 Å². The molecular formula is C16H19ClN2O3. The van der Waals surface area contributed by atoms with Gasteiger partial charge in [0.05, 0.1) is 25.1 Å². The quantitative estimate of drug-likeness (QED) is 0.902. The lowest BCUT2D eigenvalue weighted by Gasteiger charge is -2.39. The minimum Gasteiger partial charge on any atom is -0.370 e. The molecule has 1 N–H and O–H groups in total. The Labute approximate surface area is 134 Å². The molecule has 0 aromatic heterocycles. The summed E-state index contributed by atoms with van der Waals surface area (Å²) in [5.41, 5.74) is 0.970. The normalized spacial score (nSPS) is 28.5. The van der Waals surface area contributed by atoms with Gasteiger partial charge in [0.1, 0.15) is 6.10 Å². The molecule has 2 aliphatic rings. The highest BCUT2D eigenvalue weighted by atomic mass is 35.5. The maximum absolute atomic E-state index is 12.7. The molecule has 0 unspecified atom stereocenters. The number of nitrogens with zero attached hydrogens (tertiary/aromatic N) is 1. The Hall–Kier alpha value is -1.59. The van der Waals surface area contributed by atoms with Crippen LogP contribution in [0.4, 0.5) is 0 Å². The van der Waals surface area contributed by atoms with Gasteiger partial charge in [0.25, 0.3) is 0 Å². The third kappa shape index (κ3) is 3.10. The van der Waals surface area contributed by atoms with Gasteiger partial charge in [-0.1, -0.05) is 23.7 Å². The van der Waals surface area contributed by atoms with Crippen LogP contribution in [0, 0.1) is 5.92 Å². The predicted molar refractivity (Wildman–Crippen MR) is 82.4 cm³/mol. The zero-order valence-electron chi connectivity index (χ0n) is 12.4. The van der Waals surface area contributed by atoms with Gasteiger partial charge >= 0.3 is 0 Å². The number of ether oxygens (including phenoxy) is 1. The SMILES string of the molecule is C[C@@H]1CO[C@H](c2cccc(Cl)c2)CN1C(=O)[C@@H]1CNC(=O)C1. The zero-order valence-corrected chi connectivity index (χ0v) is 13.2. The number of halogens is 1. The Morgan fingerprint density at radius 1 is 1.45 bits per heavy atom. The third-order valence-corrected chi connectivity index (χ3v) is 4.50. The number of nitrogens with one attached hydrogen (secondary N) is 1. The van der Waals surface area contributed by atoms with Crippen LogP contribution in [0.3, 0.4) is 0 Å². The molecule has 3 rings (SSSR count). The Morgan fingerprint density at radius 3 is 2.95 bits per heavy atom. The molecule has 1 aromatic carbocycles. The van der Waals surface area contributed by atoms with Gasteiger partial charge in [-0.15, -0.1) is 0 Å². The van der Waals surface area contributed by atoms with E-state index in [0.717, 1.165) is 5.56 Å². The summed E-state index contributed by atoms with van der Waals surface area (Å²) in [4.78, 5) is 25.8. The number of carbonyl (C=O) groups excluding carboxylic acids is 2. The molecule has 22 heavy (non-hydrogen) atoms. The Kier molecular flexibility index (Phi) is 4.36. The van der Waals surface area contributed by atoms with E-state index in [1.807, 2.05) is 36.1 Å². The maximum atomic E-state index is 12.7. The van der Waals surface area contributed by atoms with Crippen molar-refractivity contribution in [2.24, 2.45) is 5.92 Å². The van der Waals surface area contributed by atoms with Crippen molar-refractivity contribution in [3.8, 4) is 0 Å². The summed E-state index contributed by atoms with van der Waals surface area (Å²) >= 11 is 6.03. The minimum atomic E-state index is -0.256. The zero-order chi connectivity index (χ0) is 15.7. The number of morpholine rings is 1. The fourth-order valence-corrected chi connectivity index (χ4v) is 3.19. The lowest BCUT2D eigenvalue weighted by molar-refractivity contribution is -0.148. The van der Waals surface area contributed by atoms with Gasteiger partial charge in [-0.3, -0.25) is 9.59 Å². The van der Waals surface area contributed by atoms with Crippen LogP contribution >= 0.6 is 11.6 Å². The second-order valence-corrected chi connectivity index (χ2v) is 6.36. The van der Waals surface area contributed by atoms with Crippen LogP contribution in [0.2, 0.25) is 5.02 Å². The van der Waals surface area contributed by atoms with Gasteiger partial charge in [0.15, 0.2) is 0 Å².